The summed E-state index contributed by atoms with van der Waals surface area (Å²) in [6, 6.07) is 16.7. The van der Waals surface area contributed by atoms with Crippen LogP contribution in [0.1, 0.15) is 26.7 Å². The van der Waals surface area contributed by atoms with Gasteiger partial charge < -0.3 is 9.73 Å². The van der Waals surface area contributed by atoms with E-state index in [2.05, 4.69) is 10.3 Å². The molecule has 0 fully saturated rings. The molecule has 7 nitrogen and oxygen atoms in total. The first-order valence-corrected chi connectivity index (χ1v) is 12.5. The summed E-state index contributed by atoms with van der Waals surface area (Å²) in [5.41, 5.74) is 2.63. The number of thiazole rings is 1. The van der Waals surface area contributed by atoms with Gasteiger partial charge in [-0.3, -0.25) is 9.10 Å². The number of benzene rings is 2. The molecule has 4 aromatic rings. The van der Waals surface area contributed by atoms with Crippen molar-refractivity contribution in [2.75, 3.05) is 11.4 Å². The Morgan fingerprint density at radius 2 is 1.73 bits per heavy atom. The molecule has 170 valence electrons. The third-order valence-corrected chi connectivity index (χ3v) is 7.70. The van der Waals surface area contributed by atoms with Crippen LogP contribution in [0.15, 0.2) is 75.4 Å². The number of nitrogens with zero attached hydrogens (tertiary/aromatic N) is 2. The molecule has 2 heterocycles. The van der Waals surface area contributed by atoms with Crippen LogP contribution < -0.4 is 9.62 Å². The van der Waals surface area contributed by atoms with E-state index in [9.17, 15) is 13.2 Å². The molecule has 0 unspecified atom stereocenters. The van der Waals surface area contributed by atoms with Gasteiger partial charge in [-0.1, -0.05) is 17.7 Å². The van der Waals surface area contributed by atoms with Crippen LogP contribution in [0.2, 0.25) is 0 Å². The van der Waals surface area contributed by atoms with E-state index in [-0.39, 0.29) is 17.3 Å². The zero-order chi connectivity index (χ0) is 23.6. The molecule has 0 saturated carbocycles. The normalized spacial score (nSPS) is 11.4. The van der Waals surface area contributed by atoms with E-state index in [1.54, 1.807) is 65.9 Å². The first kappa shape index (κ1) is 22.8. The second kappa shape index (κ2) is 9.21. The highest BCUT2D eigenvalue weighted by Gasteiger charge is 2.21. The quantitative estimate of drug-likeness (QED) is 0.410. The van der Waals surface area contributed by atoms with Crippen molar-refractivity contribution in [1.82, 2.24) is 10.3 Å². The average Bonchev–Trinajstić information content (AvgIpc) is 3.46. The number of anilines is 1. The highest BCUT2D eigenvalue weighted by Crippen LogP contribution is 2.24. The number of sulfonamides is 1. The monoisotopic (exact) mass is 481 g/mol. The highest BCUT2D eigenvalue weighted by atomic mass is 32.2. The maximum absolute atomic E-state index is 12.9. The van der Waals surface area contributed by atoms with Crippen molar-refractivity contribution in [2.24, 2.45) is 0 Å². The van der Waals surface area contributed by atoms with Gasteiger partial charge in [0.2, 0.25) is 0 Å². The number of carbonyl (C=O) groups is 1. The topological polar surface area (TPSA) is 92.5 Å². The third kappa shape index (κ3) is 4.99. The minimum atomic E-state index is -3.69. The fourth-order valence-corrected chi connectivity index (χ4v) is 4.98. The summed E-state index contributed by atoms with van der Waals surface area (Å²) in [7, 11) is -2.20. The molecule has 0 bridgehead atoms. The van der Waals surface area contributed by atoms with Crippen LogP contribution >= 0.6 is 11.3 Å². The lowest BCUT2D eigenvalue weighted by atomic mass is 10.2. The van der Waals surface area contributed by atoms with Crippen LogP contribution in [0.5, 0.6) is 0 Å². The average molecular weight is 482 g/mol. The number of rotatable bonds is 7. The lowest BCUT2D eigenvalue weighted by molar-refractivity contribution is 0.0948. The second-order valence-electron chi connectivity index (χ2n) is 7.53. The van der Waals surface area contributed by atoms with E-state index in [0.717, 1.165) is 16.3 Å². The number of amides is 1. The molecule has 0 atom stereocenters. The van der Waals surface area contributed by atoms with Gasteiger partial charge in [0.15, 0.2) is 5.76 Å². The molecule has 0 radical (unpaired) electrons. The zero-order valence-corrected chi connectivity index (χ0v) is 20.0. The molecule has 0 aliphatic heterocycles. The SMILES string of the molecule is Cc1ccc(S(=O)(=O)N(C)c2ccc(C(=O)NCc3ccc(-c4csc(C)n4)o3)cc2)cc1. The van der Waals surface area contributed by atoms with Crippen LogP contribution in [-0.4, -0.2) is 26.4 Å². The number of aryl methyl sites for hydroxylation is 2. The molecule has 2 aromatic carbocycles. The molecule has 1 amide bonds. The molecule has 4 rings (SSSR count). The summed E-state index contributed by atoms with van der Waals surface area (Å²) in [6.07, 6.45) is 0. The lowest BCUT2D eigenvalue weighted by Crippen LogP contribution is -2.27. The molecule has 0 aliphatic rings. The van der Waals surface area contributed by atoms with Crippen molar-refractivity contribution in [3.05, 3.63) is 87.9 Å². The van der Waals surface area contributed by atoms with Gasteiger partial charge in [-0.05, 0) is 62.4 Å². The smallest absolute Gasteiger partial charge is 0.264 e. The van der Waals surface area contributed by atoms with Crippen molar-refractivity contribution in [1.29, 1.82) is 0 Å². The standard InChI is InChI=1S/C24H23N3O4S2/c1-16-4-11-21(12-5-16)33(29,30)27(3)19-8-6-18(7-9-19)24(28)25-14-20-10-13-23(31-20)22-15-32-17(2)26-22/h4-13,15H,14H2,1-3H3,(H,25,28). The van der Waals surface area contributed by atoms with Gasteiger partial charge in [0.1, 0.15) is 11.5 Å². The van der Waals surface area contributed by atoms with Crippen molar-refractivity contribution in [2.45, 2.75) is 25.3 Å². The van der Waals surface area contributed by atoms with E-state index in [1.165, 1.54) is 11.4 Å². The molecule has 2 aromatic heterocycles. The number of hydrogen-bond donors (Lipinski definition) is 1. The van der Waals surface area contributed by atoms with Gasteiger partial charge in [-0.15, -0.1) is 11.3 Å². The Bertz CT molecular complexity index is 1370. The molecule has 1 N–H and O–H groups in total. The summed E-state index contributed by atoms with van der Waals surface area (Å²) in [6.45, 7) is 4.06. The Labute approximate surface area is 196 Å². The third-order valence-electron chi connectivity index (χ3n) is 5.13. The molecule has 33 heavy (non-hydrogen) atoms. The van der Waals surface area contributed by atoms with E-state index < -0.39 is 10.0 Å². The summed E-state index contributed by atoms with van der Waals surface area (Å²) >= 11 is 1.55. The van der Waals surface area contributed by atoms with Crippen molar-refractivity contribution in [3.8, 4) is 11.5 Å². The van der Waals surface area contributed by atoms with Gasteiger partial charge >= 0.3 is 0 Å². The van der Waals surface area contributed by atoms with Crippen LogP contribution in [-0.2, 0) is 16.6 Å². The molecule has 9 heteroatoms. The maximum atomic E-state index is 12.9. The Hall–Kier alpha value is -3.43. The van der Waals surface area contributed by atoms with E-state index in [4.69, 9.17) is 4.42 Å². The summed E-state index contributed by atoms with van der Waals surface area (Å²) in [4.78, 5) is 17.1. The number of hydrogen-bond acceptors (Lipinski definition) is 6. The van der Waals surface area contributed by atoms with Gasteiger partial charge in [0.25, 0.3) is 15.9 Å². The fourth-order valence-electron chi connectivity index (χ4n) is 3.19. The van der Waals surface area contributed by atoms with Gasteiger partial charge in [0.05, 0.1) is 22.1 Å². The van der Waals surface area contributed by atoms with E-state index in [0.29, 0.717) is 22.8 Å². The molecule has 0 aliphatic carbocycles. The number of carbonyl (C=O) groups excluding carboxylic acids is 1. The van der Waals surface area contributed by atoms with Crippen LogP contribution in [0, 0.1) is 13.8 Å². The summed E-state index contributed by atoms with van der Waals surface area (Å²) in [5.74, 6) is 0.989. The maximum Gasteiger partial charge on any atom is 0.264 e. The Morgan fingerprint density at radius 1 is 1.03 bits per heavy atom. The van der Waals surface area contributed by atoms with Gasteiger partial charge in [0, 0.05) is 18.0 Å². The van der Waals surface area contributed by atoms with Crippen molar-refractivity contribution in [3.63, 3.8) is 0 Å². The molecule has 0 spiro atoms. The minimum absolute atomic E-state index is 0.211. The molecular formula is C24H23N3O4S2. The Morgan fingerprint density at radius 3 is 2.36 bits per heavy atom. The van der Waals surface area contributed by atoms with Crippen LogP contribution in [0.4, 0.5) is 5.69 Å². The summed E-state index contributed by atoms with van der Waals surface area (Å²) in [5, 5.41) is 5.69. The minimum Gasteiger partial charge on any atom is -0.458 e. The lowest BCUT2D eigenvalue weighted by Gasteiger charge is -2.20. The number of aromatic nitrogens is 1. The van der Waals surface area contributed by atoms with Crippen molar-refractivity contribution < 1.29 is 17.6 Å². The fraction of sp³-hybridized carbons (Fsp3) is 0.167. The Balaban J connectivity index is 1.40. The predicted octanol–water partition coefficient (Wildman–Crippen LogP) is 4.78. The van der Waals surface area contributed by atoms with Crippen molar-refractivity contribution >= 4 is 33.0 Å². The molecular weight excluding hydrogens is 458 g/mol. The second-order valence-corrected chi connectivity index (χ2v) is 10.6. The van der Waals surface area contributed by atoms with E-state index in [1.807, 2.05) is 25.3 Å². The summed E-state index contributed by atoms with van der Waals surface area (Å²) < 4.78 is 32.7. The highest BCUT2D eigenvalue weighted by molar-refractivity contribution is 7.92. The predicted molar refractivity (Wildman–Crippen MR) is 129 cm³/mol. The Kier molecular flexibility index (Phi) is 6.35. The van der Waals surface area contributed by atoms with Crippen LogP contribution in [0.25, 0.3) is 11.5 Å². The van der Waals surface area contributed by atoms with Crippen LogP contribution in [0.3, 0.4) is 0 Å². The largest absolute Gasteiger partial charge is 0.458 e. The number of furan rings is 1. The van der Waals surface area contributed by atoms with Gasteiger partial charge in [-0.2, -0.15) is 0 Å². The number of nitrogens with one attached hydrogen (secondary N) is 1. The van der Waals surface area contributed by atoms with E-state index >= 15 is 0 Å². The first-order chi connectivity index (χ1) is 15.7. The van der Waals surface area contributed by atoms with Gasteiger partial charge in [-0.25, -0.2) is 13.4 Å². The molecule has 0 saturated heterocycles. The first-order valence-electron chi connectivity index (χ1n) is 10.2. The zero-order valence-electron chi connectivity index (χ0n) is 18.4.